The first kappa shape index (κ1) is 14.0. The minimum atomic E-state index is -0.767. The molecule has 0 radical (unpaired) electrons. The van der Waals surface area contributed by atoms with E-state index in [1.165, 1.54) is 0 Å². The van der Waals surface area contributed by atoms with Crippen LogP contribution in [0.1, 0.15) is 44.8 Å². The third-order valence-electron chi connectivity index (χ3n) is 3.44. The van der Waals surface area contributed by atoms with E-state index in [-0.39, 0.29) is 0 Å². The molecule has 1 aliphatic heterocycles. The fourth-order valence-corrected chi connectivity index (χ4v) is 2.34. The lowest BCUT2D eigenvalue weighted by molar-refractivity contribution is -0.142. The standard InChI is InChI=1S/C13H21N3O3/c1-9(2)5-6-11-14-12(19-15-11)8-16-7-3-4-10(16)13(17)18/h9-10H,3-8H2,1-2H3,(H,17,18)/t10-/m0/s1. The first-order valence-corrected chi connectivity index (χ1v) is 6.84. The van der Waals surface area contributed by atoms with Crippen LogP contribution in [0, 0.1) is 5.92 Å². The molecule has 0 aliphatic carbocycles. The molecule has 1 aromatic heterocycles. The van der Waals surface area contributed by atoms with Crippen LogP contribution in [0.3, 0.4) is 0 Å². The molecule has 1 fully saturated rings. The van der Waals surface area contributed by atoms with Crippen molar-refractivity contribution in [3.8, 4) is 0 Å². The Morgan fingerprint density at radius 3 is 3.05 bits per heavy atom. The number of hydrogen-bond acceptors (Lipinski definition) is 5. The van der Waals surface area contributed by atoms with Gasteiger partial charge in [0.15, 0.2) is 5.82 Å². The second-order valence-corrected chi connectivity index (χ2v) is 5.50. The molecule has 2 rings (SSSR count). The third-order valence-corrected chi connectivity index (χ3v) is 3.44. The van der Waals surface area contributed by atoms with E-state index in [4.69, 9.17) is 9.63 Å². The van der Waals surface area contributed by atoms with Crippen LogP contribution in [0.2, 0.25) is 0 Å². The number of carboxylic acids is 1. The number of carboxylic acid groups (broad SMARTS) is 1. The number of aromatic nitrogens is 2. The molecular formula is C13H21N3O3. The summed E-state index contributed by atoms with van der Waals surface area (Å²) in [4.78, 5) is 17.3. The molecule has 0 bridgehead atoms. The molecule has 6 heteroatoms. The van der Waals surface area contributed by atoms with Gasteiger partial charge in [-0.05, 0) is 31.7 Å². The van der Waals surface area contributed by atoms with Crippen molar-refractivity contribution in [2.24, 2.45) is 5.92 Å². The van der Waals surface area contributed by atoms with Crippen LogP contribution >= 0.6 is 0 Å². The zero-order chi connectivity index (χ0) is 13.8. The molecule has 0 spiro atoms. The quantitative estimate of drug-likeness (QED) is 0.845. The summed E-state index contributed by atoms with van der Waals surface area (Å²) in [5.41, 5.74) is 0. The van der Waals surface area contributed by atoms with Crippen molar-refractivity contribution >= 4 is 5.97 Å². The monoisotopic (exact) mass is 267 g/mol. The molecule has 1 N–H and O–H groups in total. The summed E-state index contributed by atoms with van der Waals surface area (Å²) in [5.74, 6) is 1.08. The van der Waals surface area contributed by atoms with Gasteiger partial charge in [0, 0.05) is 6.42 Å². The van der Waals surface area contributed by atoms with Gasteiger partial charge in [0.2, 0.25) is 5.89 Å². The van der Waals surface area contributed by atoms with E-state index in [0.29, 0.717) is 24.8 Å². The zero-order valence-corrected chi connectivity index (χ0v) is 11.5. The van der Waals surface area contributed by atoms with E-state index in [0.717, 1.165) is 31.6 Å². The van der Waals surface area contributed by atoms with Gasteiger partial charge >= 0.3 is 5.97 Å². The molecule has 1 aliphatic rings. The Kier molecular flexibility index (Phi) is 4.52. The van der Waals surface area contributed by atoms with Gasteiger partial charge in [-0.15, -0.1) is 0 Å². The summed E-state index contributed by atoms with van der Waals surface area (Å²) in [7, 11) is 0. The summed E-state index contributed by atoms with van der Waals surface area (Å²) >= 11 is 0. The number of nitrogens with zero attached hydrogens (tertiary/aromatic N) is 3. The summed E-state index contributed by atoms with van der Waals surface area (Å²) in [6.45, 7) is 5.53. The van der Waals surface area contributed by atoms with Crippen molar-refractivity contribution < 1.29 is 14.4 Å². The van der Waals surface area contributed by atoms with Crippen molar-refractivity contribution in [3.63, 3.8) is 0 Å². The highest BCUT2D eigenvalue weighted by Gasteiger charge is 2.31. The first-order valence-electron chi connectivity index (χ1n) is 6.84. The summed E-state index contributed by atoms with van der Waals surface area (Å²) < 4.78 is 5.19. The second kappa shape index (κ2) is 6.14. The topological polar surface area (TPSA) is 79.5 Å². The van der Waals surface area contributed by atoms with E-state index in [1.807, 2.05) is 4.90 Å². The lowest BCUT2D eigenvalue weighted by Crippen LogP contribution is -2.35. The Morgan fingerprint density at radius 2 is 2.37 bits per heavy atom. The van der Waals surface area contributed by atoms with Crippen LogP contribution in [0.4, 0.5) is 0 Å². The molecule has 2 heterocycles. The smallest absolute Gasteiger partial charge is 0.320 e. The largest absolute Gasteiger partial charge is 0.480 e. The molecule has 0 saturated carbocycles. The Morgan fingerprint density at radius 1 is 1.58 bits per heavy atom. The maximum atomic E-state index is 11.1. The van der Waals surface area contributed by atoms with Crippen LogP contribution in [0.15, 0.2) is 4.52 Å². The molecular weight excluding hydrogens is 246 g/mol. The highest BCUT2D eigenvalue weighted by Crippen LogP contribution is 2.19. The van der Waals surface area contributed by atoms with E-state index >= 15 is 0 Å². The Labute approximate surface area is 112 Å². The number of aryl methyl sites for hydroxylation is 1. The average molecular weight is 267 g/mol. The lowest BCUT2D eigenvalue weighted by atomic mass is 10.1. The van der Waals surface area contributed by atoms with Gasteiger partial charge < -0.3 is 9.63 Å². The van der Waals surface area contributed by atoms with Crippen LogP contribution in [-0.2, 0) is 17.8 Å². The van der Waals surface area contributed by atoms with E-state index < -0.39 is 12.0 Å². The fourth-order valence-electron chi connectivity index (χ4n) is 2.34. The molecule has 0 unspecified atom stereocenters. The molecule has 19 heavy (non-hydrogen) atoms. The van der Waals surface area contributed by atoms with Gasteiger partial charge in [0.25, 0.3) is 0 Å². The van der Waals surface area contributed by atoms with Crippen molar-refractivity contribution in [1.29, 1.82) is 0 Å². The van der Waals surface area contributed by atoms with E-state index in [1.54, 1.807) is 0 Å². The highest BCUT2D eigenvalue weighted by molar-refractivity contribution is 5.73. The Bertz CT molecular complexity index is 431. The molecule has 6 nitrogen and oxygen atoms in total. The van der Waals surface area contributed by atoms with Crippen LogP contribution in [-0.4, -0.2) is 38.7 Å². The van der Waals surface area contributed by atoms with Crippen LogP contribution < -0.4 is 0 Å². The van der Waals surface area contributed by atoms with Gasteiger partial charge in [0.05, 0.1) is 6.54 Å². The predicted octanol–water partition coefficient (Wildman–Crippen LogP) is 1.71. The number of carbonyl (C=O) groups is 1. The normalized spacial score (nSPS) is 20.3. The maximum Gasteiger partial charge on any atom is 0.320 e. The van der Waals surface area contributed by atoms with Gasteiger partial charge in [-0.2, -0.15) is 4.98 Å². The molecule has 1 saturated heterocycles. The maximum absolute atomic E-state index is 11.1. The van der Waals surface area contributed by atoms with Crippen molar-refractivity contribution in [1.82, 2.24) is 15.0 Å². The molecule has 1 aromatic rings. The highest BCUT2D eigenvalue weighted by atomic mass is 16.5. The molecule has 1 atom stereocenters. The number of aliphatic carboxylic acids is 1. The van der Waals surface area contributed by atoms with Gasteiger partial charge in [0.1, 0.15) is 6.04 Å². The van der Waals surface area contributed by atoms with Gasteiger partial charge in [-0.3, -0.25) is 9.69 Å². The minimum Gasteiger partial charge on any atom is -0.480 e. The van der Waals surface area contributed by atoms with Crippen molar-refractivity contribution in [2.45, 2.75) is 52.1 Å². The van der Waals surface area contributed by atoms with Crippen LogP contribution in [0.25, 0.3) is 0 Å². The van der Waals surface area contributed by atoms with Gasteiger partial charge in [-0.1, -0.05) is 19.0 Å². The number of hydrogen-bond donors (Lipinski definition) is 1. The Hall–Kier alpha value is -1.43. The van der Waals surface area contributed by atoms with Crippen molar-refractivity contribution in [2.75, 3.05) is 6.54 Å². The van der Waals surface area contributed by atoms with Crippen LogP contribution in [0.5, 0.6) is 0 Å². The minimum absolute atomic E-state index is 0.411. The number of likely N-dealkylation sites (tertiary alicyclic amines) is 1. The summed E-state index contributed by atoms with van der Waals surface area (Å²) in [6, 6.07) is -0.411. The zero-order valence-electron chi connectivity index (χ0n) is 11.5. The summed E-state index contributed by atoms with van der Waals surface area (Å²) in [6.07, 6.45) is 3.44. The lowest BCUT2D eigenvalue weighted by Gasteiger charge is -2.18. The SMILES string of the molecule is CC(C)CCc1noc(CN2CCC[C@H]2C(=O)O)n1. The number of rotatable bonds is 6. The second-order valence-electron chi connectivity index (χ2n) is 5.50. The Balaban J connectivity index is 1.90. The van der Waals surface area contributed by atoms with Crippen molar-refractivity contribution in [3.05, 3.63) is 11.7 Å². The fraction of sp³-hybridized carbons (Fsp3) is 0.769. The van der Waals surface area contributed by atoms with E-state index in [2.05, 4.69) is 24.0 Å². The third kappa shape index (κ3) is 3.76. The van der Waals surface area contributed by atoms with E-state index in [9.17, 15) is 4.79 Å². The first-order chi connectivity index (χ1) is 9.06. The molecule has 106 valence electrons. The molecule has 0 aromatic carbocycles. The predicted molar refractivity (Wildman–Crippen MR) is 68.5 cm³/mol. The summed E-state index contributed by atoms with van der Waals surface area (Å²) in [5, 5.41) is 13.0. The average Bonchev–Trinajstić information content (AvgIpc) is 2.96. The molecule has 0 amide bonds. The van der Waals surface area contributed by atoms with Gasteiger partial charge in [-0.25, -0.2) is 0 Å².